The predicted molar refractivity (Wildman–Crippen MR) is 159 cm³/mol. The van der Waals surface area contributed by atoms with E-state index in [-0.39, 0.29) is 45.5 Å². The molecule has 3 aromatic rings. The molecule has 210 valence electrons. The molecule has 0 aromatic heterocycles. The molecule has 1 fully saturated rings. The molecule has 1 saturated heterocycles. The van der Waals surface area contributed by atoms with Crippen LogP contribution in [-0.4, -0.2) is 44.2 Å². The standard InChI is InChI=1S/C28H25BrClNO7S2/c1-4-36-24-15-19(14-22(29)26(24)38-40(34,35)21-9-7-20(30)8-10-21)16-25-27(32)31(28(33)39-25)11-12-37-23-13-17(2)5-6-18(23)3/h5-10,13-16H,4,11-12H2,1-3H3/b25-16-. The van der Waals surface area contributed by atoms with Crippen molar-refractivity contribution in [1.29, 1.82) is 0 Å². The fraction of sp³-hybridized carbons (Fsp3) is 0.214. The first-order valence-electron chi connectivity index (χ1n) is 12.1. The van der Waals surface area contributed by atoms with E-state index in [1.165, 1.54) is 24.3 Å². The van der Waals surface area contributed by atoms with Crippen molar-refractivity contribution in [1.82, 2.24) is 4.90 Å². The van der Waals surface area contributed by atoms with Gasteiger partial charge in [0.2, 0.25) is 0 Å². The molecule has 0 N–H and O–H groups in total. The number of hydrogen-bond acceptors (Lipinski definition) is 8. The number of benzene rings is 3. The van der Waals surface area contributed by atoms with Gasteiger partial charge in [-0.05, 0) is 114 Å². The predicted octanol–water partition coefficient (Wildman–Crippen LogP) is 7.00. The van der Waals surface area contributed by atoms with Crippen LogP contribution in [0.15, 0.2) is 68.9 Å². The molecule has 4 rings (SSSR count). The van der Waals surface area contributed by atoms with Crippen molar-refractivity contribution in [2.75, 3.05) is 19.8 Å². The highest BCUT2D eigenvalue weighted by Gasteiger charge is 2.35. The maximum Gasteiger partial charge on any atom is 0.339 e. The van der Waals surface area contributed by atoms with Crippen molar-refractivity contribution in [3.8, 4) is 17.2 Å². The van der Waals surface area contributed by atoms with E-state index in [0.29, 0.717) is 16.3 Å². The van der Waals surface area contributed by atoms with Crippen LogP contribution < -0.4 is 13.7 Å². The molecular weight excluding hydrogens is 642 g/mol. The van der Waals surface area contributed by atoms with Crippen LogP contribution in [0, 0.1) is 13.8 Å². The van der Waals surface area contributed by atoms with E-state index in [1.807, 2.05) is 32.0 Å². The van der Waals surface area contributed by atoms with Crippen molar-refractivity contribution < 1.29 is 31.7 Å². The molecule has 40 heavy (non-hydrogen) atoms. The number of halogens is 2. The molecule has 0 atom stereocenters. The Balaban J connectivity index is 1.52. The monoisotopic (exact) mass is 665 g/mol. The highest BCUT2D eigenvalue weighted by Crippen LogP contribution is 2.40. The first-order chi connectivity index (χ1) is 19.0. The van der Waals surface area contributed by atoms with Gasteiger partial charge in [-0.3, -0.25) is 14.5 Å². The van der Waals surface area contributed by atoms with Crippen LogP contribution in [-0.2, 0) is 14.9 Å². The third kappa shape index (κ3) is 7.01. The molecule has 0 saturated carbocycles. The minimum Gasteiger partial charge on any atom is -0.491 e. The second-order valence-corrected chi connectivity index (χ2v) is 12.5. The molecule has 1 heterocycles. The lowest BCUT2D eigenvalue weighted by Gasteiger charge is -2.15. The molecule has 0 spiro atoms. The van der Waals surface area contributed by atoms with Crippen LogP contribution in [0.3, 0.4) is 0 Å². The SMILES string of the molecule is CCOc1cc(/C=C2\SC(=O)N(CCOc3cc(C)ccc3C)C2=O)cc(Br)c1OS(=O)(=O)c1ccc(Cl)cc1. The van der Waals surface area contributed by atoms with Gasteiger partial charge >= 0.3 is 10.1 Å². The van der Waals surface area contributed by atoms with Gasteiger partial charge in [0.15, 0.2) is 11.5 Å². The third-order valence-electron chi connectivity index (χ3n) is 5.71. The Morgan fingerprint density at radius 1 is 1.00 bits per heavy atom. The number of aryl methyl sites for hydroxylation is 2. The minimum absolute atomic E-state index is 0.0503. The molecule has 0 unspecified atom stereocenters. The van der Waals surface area contributed by atoms with E-state index >= 15 is 0 Å². The Kier molecular flexibility index (Phi) is 9.50. The lowest BCUT2D eigenvalue weighted by atomic mass is 10.1. The van der Waals surface area contributed by atoms with Crippen molar-refractivity contribution >= 4 is 66.6 Å². The Hall–Kier alpha value is -2.99. The van der Waals surface area contributed by atoms with E-state index in [1.54, 1.807) is 25.1 Å². The van der Waals surface area contributed by atoms with Gasteiger partial charge in [0.1, 0.15) is 17.3 Å². The van der Waals surface area contributed by atoms with Gasteiger partial charge in [-0.15, -0.1) is 0 Å². The molecule has 8 nitrogen and oxygen atoms in total. The van der Waals surface area contributed by atoms with Gasteiger partial charge < -0.3 is 13.7 Å². The summed E-state index contributed by atoms with van der Waals surface area (Å²) < 4.78 is 42.9. The van der Waals surface area contributed by atoms with Crippen LogP contribution in [0.2, 0.25) is 5.02 Å². The van der Waals surface area contributed by atoms with Gasteiger partial charge in [-0.2, -0.15) is 8.42 Å². The van der Waals surface area contributed by atoms with Crippen LogP contribution in [0.5, 0.6) is 17.2 Å². The van der Waals surface area contributed by atoms with Gasteiger partial charge in [-0.1, -0.05) is 23.7 Å². The molecule has 0 radical (unpaired) electrons. The van der Waals surface area contributed by atoms with Crippen molar-refractivity contribution in [2.45, 2.75) is 25.7 Å². The van der Waals surface area contributed by atoms with E-state index in [4.69, 9.17) is 25.3 Å². The molecule has 0 bridgehead atoms. The number of rotatable bonds is 10. The number of ether oxygens (including phenoxy) is 2. The van der Waals surface area contributed by atoms with Gasteiger partial charge in [0.25, 0.3) is 11.1 Å². The van der Waals surface area contributed by atoms with E-state index < -0.39 is 21.3 Å². The number of hydrogen-bond donors (Lipinski definition) is 0. The fourth-order valence-corrected chi connectivity index (χ4v) is 6.32. The maximum absolute atomic E-state index is 13.0. The van der Waals surface area contributed by atoms with Crippen molar-refractivity contribution in [2.24, 2.45) is 0 Å². The third-order valence-corrected chi connectivity index (χ3v) is 8.70. The van der Waals surface area contributed by atoms with Gasteiger partial charge in [-0.25, -0.2) is 0 Å². The Morgan fingerprint density at radius 3 is 2.42 bits per heavy atom. The number of carbonyl (C=O) groups excluding carboxylic acids is 2. The molecule has 3 aromatic carbocycles. The number of nitrogens with zero attached hydrogens (tertiary/aromatic N) is 1. The van der Waals surface area contributed by atoms with Gasteiger partial charge in [0, 0.05) is 5.02 Å². The smallest absolute Gasteiger partial charge is 0.339 e. The normalized spacial score (nSPS) is 14.6. The summed E-state index contributed by atoms with van der Waals surface area (Å²) >= 11 is 10.0. The zero-order chi connectivity index (χ0) is 29.0. The molecular formula is C28H25BrClNO7S2. The van der Waals surface area contributed by atoms with Crippen LogP contribution >= 0.6 is 39.3 Å². The molecule has 2 amide bonds. The van der Waals surface area contributed by atoms with Crippen molar-refractivity contribution in [3.63, 3.8) is 0 Å². The fourth-order valence-electron chi connectivity index (χ4n) is 3.73. The molecule has 1 aliphatic heterocycles. The zero-order valence-electron chi connectivity index (χ0n) is 21.8. The summed E-state index contributed by atoms with van der Waals surface area (Å²) in [6, 6.07) is 14.5. The Morgan fingerprint density at radius 2 is 1.73 bits per heavy atom. The highest BCUT2D eigenvalue weighted by atomic mass is 79.9. The Labute approximate surface area is 250 Å². The maximum atomic E-state index is 13.0. The average molecular weight is 667 g/mol. The lowest BCUT2D eigenvalue weighted by Crippen LogP contribution is -2.32. The molecule has 0 aliphatic carbocycles. The average Bonchev–Trinajstić information content (AvgIpc) is 3.16. The summed E-state index contributed by atoms with van der Waals surface area (Å²) in [6.07, 6.45) is 1.54. The summed E-state index contributed by atoms with van der Waals surface area (Å²) in [5.41, 5.74) is 2.51. The first kappa shape index (κ1) is 30.0. The summed E-state index contributed by atoms with van der Waals surface area (Å²) in [4.78, 5) is 26.9. The highest BCUT2D eigenvalue weighted by molar-refractivity contribution is 9.10. The summed E-state index contributed by atoms with van der Waals surface area (Å²) in [7, 11) is -4.19. The second-order valence-electron chi connectivity index (χ2n) is 8.71. The lowest BCUT2D eigenvalue weighted by molar-refractivity contribution is -0.123. The van der Waals surface area contributed by atoms with Crippen LogP contribution in [0.1, 0.15) is 23.6 Å². The van der Waals surface area contributed by atoms with Crippen molar-refractivity contribution in [3.05, 3.63) is 85.7 Å². The van der Waals surface area contributed by atoms with E-state index in [9.17, 15) is 18.0 Å². The summed E-state index contributed by atoms with van der Waals surface area (Å²) in [6.45, 7) is 6.10. The number of imide groups is 1. The molecule has 12 heteroatoms. The first-order valence-corrected chi connectivity index (χ1v) is 15.5. The van der Waals surface area contributed by atoms with E-state index in [0.717, 1.165) is 27.8 Å². The summed E-state index contributed by atoms with van der Waals surface area (Å²) in [5, 5.41) is -0.0169. The largest absolute Gasteiger partial charge is 0.491 e. The number of carbonyl (C=O) groups is 2. The number of amides is 2. The topological polar surface area (TPSA) is 99.2 Å². The minimum atomic E-state index is -4.19. The quantitative estimate of drug-likeness (QED) is 0.169. The number of thioether (sulfide) groups is 1. The van der Waals surface area contributed by atoms with Crippen LogP contribution in [0.25, 0.3) is 6.08 Å². The zero-order valence-corrected chi connectivity index (χ0v) is 25.7. The second kappa shape index (κ2) is 12.7. The van der Waals surface area contributed by atoms with Gasteiger partial charge in [0.05, 0.1) is 22.5 Å². The molecule has 1 aliphatic rings. The van der Waals surface area contributed by atoms with Crippen LogP contribution in [0.4, 0.5) is 4.79 Å². The van der Waals surface area contributed by atoms with E-state index in [2.05, 4.69) is 15.9 Å². The summed E-state index contributed by atoms with van der Waals surface area (Å²) in [5.74, 6) is 0.350. The Bertz CT molecular complexity index is 1590.